The van der Waals surface area contributed by atoms with Crippen molar-refractivity contribution < 1.29 is 14.3 Å². The second-order valence-electron chi connectivity index (χ2n) is 10.3. The van der Waals surface area contributed by atoms with Crippen molar-refractivity contribution in [3.8, 4) is 5.88 Å². The van der Waals surface area contributed by atoms with Crippen molar-refractivity contribution in [2.45, 2.75) is 64.1 Å². The summed E-state index contributed by atoms with van der Waals surface area (Å²) in [6, 6.07) is 11.3. The molecule has 8 nitrogen and oxygen atoms in total. The Kier molecular flexibility index (Phi) is 5.93. The van der Waals surface area contributed by atoms with Crippen LogP contribution in [-0.2, 0) is 4.74 Å². The molecule has 0 atom stereocenters. The molecule has 0 unspecified atom stereocenters. The van der Waals surface area contributed by atoms with Gasteiger partial charge in [0.2, 0.25) is 5.88 Å². The van der Waals surface area contributed by atoms with Gasteiger partial charge in [0, 0.05) is 25.1 Å². The zero-order valence-electron chi connectivity index (χ0n) is 20.4. The Labute approximate surface area is 200 Å². The first-order valence-corrected chi connectivity index (χ1v) is 12.1. The number of imidazole rings is 1. The number of anilines is 2. The summed E-state index contributed by atoms with van der Waals surface area (Å²) in [6.45, 7) is 7.58. The predicted octanol–water partition coefficient (Wildman–Crippen LogP) is 5.15. The smallest absolute Gasteiger partial charge is 0.419 e. The minimum Gasteiger partial charge on any atom is -0.473 e. The number of ether oxygens (including phenoxy) is 2. The first-order valence-electron chi connectivity index (χ1n) is 12.1. The molecule has 0 radical (unpaired) electrons. The standard InChI is InChI=1S/C26H33N5O3/c1-26(2,3)34-25(32)30(19-8-6-5-7-9-19)21-16-23(33-20-12-14-29(4)15-13-20)28-31-22(18-10-11-18)17-27-24(21)31/h5-9,16-18,20H,10-15H2,1-4H3. The van der Waals surface area contributed by atoms with Gasteiger partial charge in [-0.3, -0.25) is 0 Å². The Morgan fingerprint density at radius 2 is 1.79 bits per heavy atom. The van der Waals surface area contributed by atoms with Gasteiger partial charge in [0.25, 0.3) is 0 Å². The van der Waals surface area contributed by atoms with Gasteiger partial charge in [-0.15, -0.1) is 5.10 Å². The molecule has 1 aliphatic carbocycles. The van der Waals surface area contributed by atoms with Gasteiger partial charge in [-0.25, -0.2) is 19.2 Å². The first kappa shape index (κ1) is 22.7. The van der Waals surface area contributed by atoms with Crippen LogP contribution in [0.25, 0.3) is 5.65 Å². The average Bonchev–Trinajstić information content (AvgIpc) is 3.54. The molecule has 3 heterocycles. The van der Waals surface area contributed by atoms with Crippen LogP contribution in [0.15, 0.2) is 42.6 Å². The number of piperidine rings is 1. The number of para-hydroxylation sites is 1. The molecule has 1 amide bonds. The van der Waals surface area contributed by atoms with Gasteiger partial charge in [0.15, 0.2) is 5.65 Å². The largest absolute Gasteiger partial charge is 0.473 e. The number of carbonyl (C=O) groups excluding carboxylic acids is 1. The number of benzene rings is 1. The van der Waals surface area contributed by atoms with E-state index in [0.717, 1.165) is 44.5 Å². The third-order valence-electron chi connectivity index (χ3n) is 6.23. The summed E-state index contributed by atoms with van der Waals surface area (Å²) in [4.78, 5) is 22.1. The minimum absolute atomic E-state index is 0.0913. The minimum atomic E-state index is -0.643. The number of rotatable bonds is 5. The Morgan fingerprint density at radius 3 is 2.44 bits per heavy atom. The maximum Gasteiger partial charge on any atom is 0.419 e. The van der Waals surface area contributed by atoms with Crippen molar-refractivity contribution >= 4 is 23.1 Å². The van der Waals surface area contributed by atoms with E-state index in [0.29, 0.717) is 28.8 Å². The van der Waals surface area contributed by atoms with Gasteiger partial charge in [-0.05, 0) is 65.6 Å². The maximum absolute atomic E-state index is 13.5. The highest BCUT2D eigenvalue weighted by Gasteiger charge is 2.32. The van der Waals surface area contributed by atoms with Crippen LogP contribution < -0.4 is 9.64 Å². The fraction of sp³-hybridized carbons (Fsp3) is 0.500. The maximum atomic E-state index is 13.5. The molecule has 1 saturated heterocycles. The lowest BCUT2D eigenvalue weighted by Crippen LogP contribution is -2.36. The second kappa shape index (κ2) is 8.91. The Bertz CT molecular complexity index is 1160. The lowest BCUT2D eigenvalue weighted by atomic mass is 10.1. The topological polar surface area (TPSA) is 72.2 Å². The van der Waals surface area contributed by atoms with Crippen LogP contribution in [0.3, 0.4) is 0 Å². The molecule has 5 rings (SSSR count). The van der Waals surface area contributed by atoms with Crippen molar-refractivity contribution in [1.29, 1.82) is 0 Å². The molecule has 0 N–H and O–H groups in total. The Morgan fingerprint density at radius 1 is 1.09 bits per heavy atom. The van der Waals surface area contributed by atoms with E-state index < -0.39 is 11.7 Å². The van der Waals surface area contributed by atoms with E-state index in [1.807, 2.05) is 67.9 Å². The zero-order chi connectivity index (χ0) is 23.9. The van der Waals surface area contributed by atoms with Gasteiger partial charge < -0.3 is 14.4 Å². The van der Waals surface area contributed by atoms with Crippen LogP contribution in [-0.4, -0.2) is 57.4 Å². The van der Waals surface area contributed by atoms with Gasteiger partial charge in [-0.1, -0.05) is 18.2 Å². The normalized spacial score (nSPS) is 17.6. The van der Waals surface area contributed by atoms with Gasteiger partial charge in [0.1, 0.15) is 17.4 Å². The van der Waals surface area contributed by atoms with Crippen LogP contribution >= 0.6 is 0 Å². The zero-order valence-corrected chi connectivity index (χ0v) is 20.4. The number of fused-ring (bicyclic) bond motifs is 1. The molecule has 3 aromatic rings. The molecular weight excluding hydrogens is 430 g/mol. The van der Waals surface area contributed by atoms with E-state index in [1.54, 1.807) is 4.90 Å². The molecule has 0 bridgehead atoms. The SMILES string of the molecule is CN1CCC(Oc2cc(N(C(=O)OC(C)(C)C)c3ccccc3)c3ncc(C4CC4)n3n2)CC1. The predicted molar refractivity (Wildman–Crippen MR) is 131 cm³/mol. The summed E-state index contributed by atoms with van der Waals surface area (Å²) in [5.41, 5.74) is 2.33. The summed E-state index contributed by atoms with van der Waals surface area (Å²) >= 11 is 0. The summed E-state index contributed by atoms with van der Waals surface area (Å²) < 4.78 is 14.0. The number of amides is 1. The molecule has 1 aliphatic heterocycles. The summed E-state index contributed by atoms with van der Waals surface area (Å²) in [7, 11) is 2.13. The Hall–Kier alpha value is -3.13. The molecule has 180 valence electrons. The van der Waals surface area contributed by atoms with Crippen LogP contribution in [0.4, 0.5) is 16.2 Å². The van der Waals surface area contributed by atoms with E-state index >= 15 is 0 Å². The van der Waals surface area contributed by atoms with Crippen molar-refractivity contribution in [1.82, 2.24) is 19.5 Å². The van der Waals surface area contributed by atoms with Crippen LogP contribution in [0, 0.1) is 0 Å². The highest BCUT2D eigenvalue weighted by Crippen LogP contribution is 2.42. The van der Waals surface area contributed by atoms with Crippen LogP contribution in [0.5, 0.6) is 5.88 Å². The van der Waals surface area contributed by atoms with Gasteiger partial charge in [-0.2, -0.15) is 0 Å². The molecule has 34 heavy (non-hydrogen) atoms. The van der Waals surface area contributed by atoms with Crippen LogP contribution in [0.1, 0.15) is 58.1 Å². The molecule has 2 fully saturated rings. The second-order valence-corrected chi connectivity index (χ2v) is 10.3. The molecular formula is C26H33N5O3. The van der Waals surface area contributed by atoms with Gasteiger partial charge in [0.05, 0.1) is 17.6 Å². The Balaban J connectivity index is 1.60. The number of nitrogens with zero attached hydrogens (tertiary/aromatic N) is 5. The van der Waals surface area contributed by atoms with Crippen molar-refractivity contribution in [2.24, 2.45) is 0 Å². The molecule has 0 spiro atoms. The first-order chi connectivity index (χ1) is 16.3. The van der Waals surface area contributed by atoms with E-state index in [1.165, 1.54) is 0 Å². The fourth-order valence-corrected chi connectivity index (χ4v) is 4.33. The summed E-state index contributed by atoms with van der Waals surface area (Å²) in [6.07, 6.45) is 5.64. The highest BCUT2D eigenvalue weighted by molar-refractivity contribution is 6.00. The van der Waals surface area contributed by atoms with Crippen molar-refractivity contribution in [3.05, 3.63) is 48.3 Å². The number of hydrogen-bond donors (Lipinski definition) is 0. The summed E-state index contributed by atoms with van der Waals surface area (Å²) in [5, 5.41) is 4.82. The van der Waals surface area contributed by atoms with E-state index in [9.17, 15) is 4.79 Å². The summed E-state index contributed by atoms with van der Waals surface area (Å²) in [5.74, 6) is 0.946. The lowest BCUT2D eigenvalue weighted by molar-refractivity contribution is 0.0599. The van der Waals surface area contributed by atoms with E-state index in [-0.39, 0.29) is 6.10 Å². The van der Waals surface area contributed by atoms with E-state index in [4.69, 9.17) is 19.6 Å². The molecule has 1 saturated carbocycles. The monoisotopic (exact) mass is 463 g/mol. The third kappa shape index (κ3) is 4.87. The average molecular weight is 464 g/mol. The number of hydrogen-bond acceptors (Lipinski definition) is 6. The number of aromatic nitrogens is 3. The van der Waals surface area contributed by atoms with Crippen molar-refractivity contribution in [3.63, 3.8) is 0 Å². The fourth-order valence-electron chi connectivity index (χ4n) is 4.33. The lowest BCUT2D eigenvalue weighted by Gasteiger charge is -2.30. The van der Waals surface area contributed by atoms with Gasteiger partial charge >= 0.3 is 6.09 Å². The third-order valence-corrected chi connectivity index (χ3v) is 6.23. The number of carbonyl (C=O) groups is 1. The van der Waals surface area contributed by atoms with Crippen molar-refractivity contribution in [2.75, 3.05) is 25.0 Å². The van der Waals surface area contributed by atoms with Crippen LogP contribution in [0.2, 0.25) is 0 Å². The quantitative estimate of drug-likeness (QED) is 0.521. The molecule has 8 heteroatoms. The molecule has 1 aromatic carbocycles. The number of likely N-dealkylation sites (tertiary alicyclic amines) is 1. The molecule has 2 aromatic heterocycles. The molecule has 2 aliphatic rings. The van der Waals surface area contributed by atoms with E-state index in [2.05, 4.69) is 11.9 Å². The highest BCUT2D eigenvalue weighted by atomic mass is 16.6.